The van der Waals surface area contributed by atoms with E-state index < -0.39 is 35.6 Å². The second-order valence-corrected chi connectivity index (χ2v) is 10.1. The van der Waals surface area contributed by atoms with Gasteiger partial charge in [0.15, 0.2) is 0 Å². The number of carbonyl (C=O) groups excluding carboxylic acids is 3. The Kier molecular flexibility index (Phi) is 10.0. The van der Waals surface area contributed by atoms with E-state index in [0.717, 1.165) is 33.6 Å². The minimum Gasteiger partial charge on any atom is -0.508 e. The molecule has 0 spiro atoms. The van der Waals surface area contributed by atoms with Gasteiger partial charge in [0, 0.05) is 6.54 Å². The molecule has 196 valence electrons. The van der Waals surface area contributed by atoms with Crippen LogP contribution in [0.1, 0.15) is 56.4 Å². The van der Waals surface area contributed by atoms with E-state index in [1.807, 2.05) is 44.2 Å². The summed E-state index contributed by atoms with van der Waals surface area (Å²) in [5.41, 5.74) is 8.92. The van der Waals surface area contributed by atoms with E-state index in [4.69, 9.17) is 10.5 Å². The lowest BCUT2D eigenvalue weighted by Crippen LogP contribution is -2.57. The highest BCUT2D eigenvalue weighted by atomic mass is 16.6. The second kappa shape index (κ2) is 12.5. The number of hydrogen-bond donors (Lipinski definition) is 3. The van der Waals surface area contributed by atoms with Crippen LogP contribution in [0.25, 0.3) is 0 Å². The number of benzene rings is 2. The van der Waals surface area contributed by atoms with Crippen molar-refractivity contribution in [3.63, 3.8) is 0 Å². The molecule has 4 N–H and O–H groups in total. The fraction of sp³-hybridized carbons (Fsp3) is 0.464. The maximum absolute atomic E-state index is 13.4. The number of hydrogen-bond acceptors (Lipinski definition) is 6. The zero-order valence-electron chi connectivity index (χ0n) is 22.1. The maximum atomic E-state index is 13.4. The van der Waals surface area contributed by atoms with Crippen LogP contribution in [0.15, 0.2) is 42.5 Å². The van der Waals surface area contributed by atoms with Crippen LogP contribution in [0.3, 0.4) is 0 Å². The van der Waals surface area contributed by atoms with Crippen LogP contribution in [0.4, 0.5) is 4.79 Å². The number of ether oxygens (including phenoxy) is 1. The molecule has 8 heteroatoms. The number of nitrogens with two attached hydrogens (primary N) is 1. The average molecular weight is 498 g/mol. The summed E-state index contributed by atoms with van der Waals surface area (Å²) in [6.07, 6.45) is 0.720. The smallest absolute Gasteiger partial charge is 0.417 e. The van der Waals surface area contributed by atoms with Crippen LogP contribution in [0.5, 0.6) is 5.75 Å². The maximum Gasteiger partial charge on any atom is 0.417 e. The number of carbonyl (C=O) groups is 3. The fourth-order valence-corrected chi connectivity index (χ4v) is 3.94. The Hall–Kier alpha value is -3.39. The monoisotopic (exact) mass is 497 g/mol. The SMILES string of the molecule is Cc1cc(O)cc(C)c1C[C@@H](N)C(=O)N(C(=O)OC(C)(C)C)[C@H](C)C(=O)NCCCc1ccccc1. The lowest BCUT2D eigenvalue weighted by Gasteiger charge is -2.31. The summed E-state index contributed by atoms with van der Waals surface area (Å²) in [5.74, 6) is -1.05. The first-order chi connectivity index (χ1) is 16.8. The van der Waals surface area contributed by atoms with Crippen molar-refractivity contribution in [3.8, 4) is 5.75 Å². The van der Waals surface area contributed by atoms with Gasteiger partial charge in [0.2, 0.25) is 11.8 Å². The number of aromatic hydroxyl groups is 1. The molecular formula is C28H39N3O5. The Balaban J connectivity index is 2.14. The van der Waals surface area contributed by atoms with Crippen molar-refractivity contribution in [3.05, 3.63) is 64.7 Å². The van der Waals surface area contributed by atoms with Gasteiger partial charge >= 0.3 is 6.09 Å². The first-order valence-electron chi connectivity index (χ1n) is 12.2. The van der Waals surface area contributed by atoms with Crippen molar-refractivity contribution in [2.75, 3.05) is 6.54 Å². The van der Waals surface area contributed by atoms with Gasteiger partial charge in [-0.05, 0) is 95.2 Å². The molecule has 0 bridgehead atoms. The molecule has 36 heavy (non-hydrogen) atoms. The highest BCUT2D eigenvalue weighted by Gasteiger charge is 2.37. The lowest BCUT2D eigenvalue weighted by molar-refractivity contribution is -0.139. The molecule has 0 saturated heterocycles. The predicted molar refractivity (Wildman–Crippen MR) is 140 cm³/mol. The second-order valence-electron chi connectivity index (χ2n) is 10.1. The number of amides is 3. The molecule has 0 aliphatic carbocycles. The van der Waals surface area contributed by atoms with E-state index in [0.29, 0.717) is 13.0 Å². The van der Waals surface area contributed by atoms with Crippen molar-refractivity contribution in [1.29, 1.82) is 0 Å². The number of rotatable bonds is 9. The summed E-state index contributed by atoms with van der Waals surface area (Å²) in [6, 6.07) is 10.9. The minimum absolute atomic E-state index is 0.126. The van der Waals surface area contributed by atoms with Crippen molar-refractivity contribution in [2.24, 2.45) is 5.73 Å². The first-order valence-corrected chi connectivity index (χ1v) is 12.2. The van der Waals surface area contributed by atoms with Gasteiger partial charge in [-0.25, -0.2) is 9.69 Å². The summed E-state index contributed by atoms with van der Waals surface area (Å²) < 4.78 is 5.44. The highest BCUT2D eigenvalue weighted by Crippen LogP contribution is 2.23. The van der Waals surface area contributed by atoms with E-state index in [1.54, 1.807) is 32.9 Å². The Morgan fingerprint density at radius 2 is 1.67 bits per heavy atom. The molecule has 0 heterocycles. The molecule has 2 aromatic rings. The number of phenols is 1. The number of imide groups is 1. The number of phenolic OH excluding ortho intramolecular Hbond substituents is 1. The van der Waals surface area contributed by atoms with E-state index in [2.05, 4.69) is 5.32 Å². The van der Waals surface area contributed by atoms with Crippen LogP contribution in [0, 0.1) is 13.8 Å². The lowest BCUT2D eigenvalue weighted by atomic mass is 9.95. The molecule has 2 aromatic carbocycles. The third-order valence-electron chi connectivity index (χ3n) is 5.80. The first kappa shape index (κ1) is 28.8. The van der Waals surface area contributed by atoms with E-state index >= 15 is 0 Å². The van der Waals surface area contributed by atoms with Crippen molar-refractivity contribution >= 4 is 17.9 Å². The Labute approximate surface area is 213 Å². The van der Waals surface area contributed by atoms with Gasteiger partial charge < -0.3 is 20.9 Å². The van der Waals surface area contributed by atoms with E-state index in [-0.39, 0.29) is 12.2 Å². The average Bonchev–Trinajstić information content (AvgIpc) is 2.78. The fourth-order valence-electron chi connectivity index (χ4n) is 3.94. The molecule has 2 atom stereocenters. The Morgan fingerprint density at radius 1 is 1.08 bits per heavy atom. The van der Waals surface area contributed by atoms with Gasteiger partial charge in [-0.15, -0.1) is 0 Å². The topological polar surface area (TPSA) is 122 Å². The van der Waals surface area contributed by atoms with Gasteiger partial charge in [0.1, 0.15) is 17.4 Å². The van der Waals surface area contributed by atoms with Gasteiger partial charge in [-0.2, -0.15) is 0 Å². The van der Waals surface area contributed by atoms with E-state index in [9.17, 15) is 19.5 Å². The van der Waals surface area contributed by atoms with Gasteiger partial charge in [-0.1, -0.05) is 30.3 Å². The van der Waals surface area contributed by atoms with Crippen molar-refractivity contribution in [1.82, 2.24) is 10.2 Å². The molecule has 0 radical (unpaired) electrons. The molecule has 0 saturated carbocycles. The molecule has 8 nitrogen and oxygen atoms in total. The molecule has 0 unspecified atom stereocenters. The molecule has 0 aliphatic heterocycles. The summed E-state index contributed by atoms with van der Waals surface area (Å²) in [5, 5.41) is 12.6. The van der Waals surface area contributed by atoms with Crippen LogP contribution >= 0.6 is 0 Å². The third-order valence-corrected chi connectivity index (χ3v) is 5.80. The highest BCUT2D eigenvalue weighted by molar-refractivity contribution is 6.00. The molecular weight excluding hydrogens is 458 g/mol. The summed E-state index contributed by atoms with van der Waals surface area (Å²) >= 11 is 0. The summed E-state index contributed by atoms with van der Waals surface area (Å²) in [6.45, 7) is 10.6. The van der Waals surface area contributed by atoms with Crippen LogP contribution < -0.4 is 11.1 Å². The zero-order chi connectivity index (χ0) is 27.0. The van der Waals surface area contributed by atoms with Crippen molar-refractivity contribution in [2.45, 2.75) is 78.5 Å². The largest absolute Gasteiger partial charge is 0.508 e. The zero-order valence-corrected chi connectivity index (χ0v) is 22.1. The number of nitrogens with zero attached hydrogens (tertiary/aromatic N) is 1. The minimum atomic E-state index is -1.11. The third kappa shape index (κ3) is 8.37. The van der Waals surface area contributed by atoms with Crippen LogP contribution in [-0.2, 0) is 27.2 Å². The molecule has 2 rings (SSSR count). The molecule has 0 aliphatic rings. The standard InChI is InChI=1S/C28H39N3O5/c1-18-15-22(32)16-19(2)23(18)17-24(29)26(34)31(27(35)36-28(4,5)6)20(3)25(33)30-14-10-13-21-11-8-7-9-12-21/h7-9,11-12,15-16,20,24,32H,10,13-14,17,29H2,1-6H3,(H,30,33)/t20-,24-/m1/s1. The van der Waals surface area contributed by atoms with Gasteiger partial charge in [0.05, 0.1) is 6.04 Å². The molecule has 0 fully saturated rings. The van der Waals surface area contributed by atoms with E-state index in [1.165, 1.54) is 6.92 Å². The normalized spacial score (nSPS) is 13.0. The Morgan fingerprint density at radius 3 is 2.22 bits per heavy atom. The number of nitrogens with one attached hydrogen (secondary N) is 1. The molecule has 0 aromatic heterocycles. The quantitative estimate of drug-likeness (QED) is 0.453. The van der Waals surface area contributed by atoms with Crippen LogP contribution in [-0.4, -0.2) is 52.1 Å². The van der Waals surface area contributed by atoms with Gasteiger partial charge in [0.25, 0.3) is 0 Å². The van der Waals surface area contributed by atoms with Gasteiger partial charge in [-0.3, -0.25) is 9.59 Å². The predicted octanol–water partition coefficient (Wildman–Crippen LogP) is 3.78. The van der Waals surface area contributed by atoms with Crippen LogP contribution in [0.2, 0.25) is 0 Å². The number of aryl methyl sites for hydroxylation is 3. The molecule has 3 amide bonds. The summed E-state index contributed by atoms with van der Waals surface area (Å²) in [7, 11) is 0. The summed E-state index contributed by atoms with van der Waals surface area (Å²) in [4.78, 5) is 40.1. The van der Waals surface area contributed by atoms with Crippen molar-refractivity contribution < 1.29 is 24.2 Å². The Bertz CT molecular complexity index is 1040.